The van der Waals surface area contributed by atoms with Crippen molar-refractivity contribution in [3.63, 3.8) is 0 Å². The summed E-state index contributed by atoms with van der Waals surface area (Å²) in [7, 11) is 0. The van der Waals surface area contributed by atoms with Crippen LogP contribution in [0, 0.1) is 17.3 Å². The topological polar surface area (TPSA) is 0 Å². The second-order valence-electron chi connectivity index (χ2n) is 5.94. The molecule has 0 saturated carbocycles. The molecule has 0 saturated heterocycles. The average molecular weight is 198 g/mol. The van der Waals surface area contributed by atoms with Crippen LogP contribution in [0.1, 0.15) is 73.6 Å². The SMILES string of the molecule is CCCC(C)CCC(CC)C(C)(C)C. The van der Waals surface area contributed by atoms with Gasteiger partial charge in [0.05, 0.1) is 0 Å². The Hall–Kier alpha value is 0. The molecule has 0 radical (unpaired) electrons. The lowest BCUT2D eigenvalue weighted by Gasteiger charge is -2.30. The molecule has 0 N–H and O–H groups in total. The summed E-state index contributed by atoms with van der Waals surface area (Å²) in [6.07, 6.45) is 6.92. The Morgan fingerprint density at radius 3 is 1.86 bits per heavy atom. The number of hydrogen-bond acceptors (Lipinski definition) is 0. The molecule has 0 spiro atoms. The number of rotatable bonds is 6. The minimum Gasteiger partial charge on any atom is -0.0654 e. The Labute approximate surface area is 91.5 Å². The van der Waals surface area contributed by atoms with Crippen LogP contribution in [0.25, 0.3) is 0 Å². The molecule has 0 rings (SSSR count). The van der Waals surface area contributed by atoms with Crippen molar-refractivity contribution in [2.75, 3.05) is 0 Å². The highest BCUT2D eigenvalue weighted by atomic mass is 14.3. The van der Waals surface area contributed by atoms with Gasteiger partial charge in [0.1, 0.15) is 0 Å². The lowest BCUT2D eigenvalue weighted by atomic mass is 9.75. The van der Waals surface area contributed by atoms with Crippen LogP contribution in [0.15, 0.2) is 0 Å². The van der Waals surface area contributed by atoms with E-state index in [2.05, 4.69) is 41.5 Å². The molecule has 0 nitrogen and oxygen atoms in total. The van der Waals surface area contributed by atoms with Crippen molar-refractivity contribution in [3.05, 3.63) is 0 Å². The van der Waals surface area contributed by atoms with Gasteiger partial charge in [-0.1, -0.05) is 67.2 Å². The molecule has 2 atom stereocenters. The maximum atomic E-state index is 2.40. The molecule has 0 bridgehead atoms. The molecule has 0 aliphatic heterocycles. The minimum absolute atomic E-state index is 0.501. The quantitative estimate of drug-likeness (QED) is 0.545. The molecular weight excluding hydrogens is 168 g/mol. The highest BCUT2D eigenvalue weighted by Gasteiger charge is 2.22. The fraction of sp³-hybridized carbons (Fsp3) is 1.00. The van der Waals surface area contributed by atoms with Gasteiger partial charge in [-0.15, -0.1) is 0 Å². The van der Waals surface area contributed by atoms with Crippen LogP contribution in [0.4, 0.5) is 0 Å². The third-order valence-electron chi connectivity index (χ3n) is 3.51. The average Bonchev–Trinajstić information content (AvgIpc) is 2.03. The normalized spacial score (nSPS) is 16.7. The highest BCUT2D eigenvalue weighted by Crippen LogP contribution is 2.33. The van der Waals surface area contributed by atoms with Crippen molar-refractivity contribution in [1.82, 2.24) is 0 Å². The Morgan fingerprint density at radius 1 is 0.929 bits per heavy atom. The van der Waals surface area contributed by atoms with Crippen molar-refractivity contribution in [2.24, 2.45) is 17.3 Å². The predicted octanol–water partition coefficient (Wildman–Crippen LogP) is 5.28. The van der Waals surface area contributed by atoms with Gasteiger partial charge in [0, 0.05) is 0 Å². The van der Waals surface area contributed by atoms with E-state index >= 15 is 0 Å². The van der Waals surface area contributed by atoms with Crippen LogP contribution in [-0.4, -0.2) is 0 Å². The Bertz CT molecular complexity index is 129. The Kier molecular flexibility index (Phi) is 6.48. The van der Waals surface area contributed by atoms with Gasteiger partial charge in [-0.05, 0) is 23.7 Å². The molecule has 0 heteroatoms. The third-order valence-corrected chi connectivity index (χ3v) is 3.51. The molecule has 0 aromatic carbocycles. The van der Waals surface area contributed by atoms with Crippen LogP contribution in [0.5, 0.6) is 0 Å². The molecule has 0 amide bonds. The van der Waals surface area contributed by atoms with Gasteiger partial charge < -0.3 is 0 Å². The summed E-state index contributed by atoms with van der Waals surface area (Å²) in [5.41, 5.74) is 0.501. The zero-order chi connectivity index (χ0) is 11.2. The van der Waals surface area contributed by atoms with Crippen LogP contribution in [-0.2, 0) is 0 Å². The summed E-state index contributed by atoms with van der Waals surface area (Å²) in [6.45, 7) is 14.2. The first kappa shape index (κ1) is 14.0. The van der Waals surface area contributed by atoms with Crippen molar-refractivity contribution in [1.29, 1.82) is 0 Å². The van der Waals surface area contributed by atoms with Gasteiger partial charge in [0.15, 0.2) is 0 Å². The first-order valence-corrected chi connectivity index (χ1v) is 6.41. The molecule has 0 heterocycles. The van der Waals surface area contributed by atoms with Gasteiger partial charge in [0.2, 0.25) is 0 Å². The molecule has 86 valence electrons. The lowest BCUT2D eigenvalue weighted by Crippen LogP contribution is -2.20. The summed E-state index contributed by atoms with van der Waals surface area (Å²) in [6, 6.07) is 0. The van der Waals surface area contributed by atoms with E-state index in [1.807, 2.05) is 0 Å². The van der Waals surface area contributed by atoms with E-state index in [0.717, 1.165) is 11.8 Å². The second kappa shape index (κ2) is 6.48. The molecule has 0 aliphatic rings. The molecule has 0 aromatic heterocycles. The first-order valence-electron chi connectivity index (χ1n) is 6.41. The fourth-order valence-electron chi connectivity index (χ4n) is 2.37. The third kappa shape index (κ3) is 5.67. The molecule has 14 heavy (non-hydrogen) atoms. The highest BCUT2D eigenvalue weighted by molar-refractivity contribution is 4.73. The Balaban J connectivity index is 3.84. The van der Waals surface area contributed by atoms with Crippen LogP contribution in [0.2, 0.25) is 0 Å². The maximum Gasteiger partial charge on any atom is -0.0354 e. The van der Waals surface area contributed by atoms with Gasteiger partial charge in [0.25, 0.3) is 0 Å². The number of hydrogen-bond donors (Lipinski definition) is 0. The first-order chi connectivity index (χ1) is 6.41. The summed E-state index contributed by atoms with van der Waals surface area (Å²) < 4.78 is 0. The van der Waals surface area contributed by atoms with Crippen molar-refractivity contribution >= 4 is 0 Å². The van der Waals surface area contributed by atoms with Gasteiger partial charge in [-0.2, -0.15) is 0 Å². The summed E-state index contributed by atoms with van der Waals surface area (Å²) >= 11 is 0. The van der Waals surface area contributed by atoms with E-state index in [1.54, 1.807) is 0 Å². The predicted molar refractivity (Wildman–Crippen MR) is 66.5 cm³/mol. The standard InChI is InChI=1S/C14H30/c1-7-9-12(3)10-11-13(8-2)14(4,5)6/h12-13H,7-11H2,1-6H3. The van der Waals surface area contributed by atoms with E-state index in [-0.39, 0.29) is 0 Å². The summed E-state index contributed by atoms with van der Waals surface area (Å²) in [4.78, 5) is 0. The molecule has 0 fully saturated rings. The van der Waals surface area contributed by atoms with Crippen molar-refractivity contribution in [2.45, 2.75) is 73.6 Å². The monoisotopic (exact) mass is 198 g/mol. The van der Waals surface area contributed by atoms with E-state index in [1.165, 1.54) is 32.1 Å². The van der Waals surface area contributed by atoms with Gasteiger partial charge in [-0.3, -0.25) is 0 Å². The largest absolute Gasteiger partial charge is 0.0654 e. The molecular formula is C14H30. The van der Waals surface area contributed by atoms with Crippen LogP contribution < -0.4 is 0 Å². The van der Waals surface area contributed by atoms with Crippen molar-refractivity contribution in [3.8, 4) is 0 Å². The van der Waals surface area contributed by atoms with Crippen LogP contribution >= 0.6 is 0 Å². The summed E-state index contributed by atoms with van der Waals surface area (Å²) in [5.74, 6) is 1.83. The maximum absolute atomic E-state index is 2.40. The summed E-state index contributed by atoms with van der Waals surface area (Å²) in [5, 5.41) is 0. The molecule has 0 aromatic rings. The van der Waals surface area contributed by atoms with Crippen molar-refractivity contribution < 1.29 is 0 Å². The van der Waals surface area contributed by atoms with E-state index in [4.69, 9.17) is 0 Å². The molecule has 2 unspecified atom stereocenters. The van der Waals surface area contributed by atoms with Gasteiger partial charge in [-0.25, -0.2) is 0 Å². The lowest BCUT2D eigenvalue weighted by molar-refractivity contribution is 0.204. The Morgan fingerprint density at radius 2 is 1.50 bits per heavy atom. The zero-order valence-corrected chi connectivity index (χ0v) is 11.2. The fourth-order valence-corrected chi connectivity index (χ4v) is 2.37. The van der Waals surface area contributed by atoms with E-state index < -0.39 is 0 Å². The smallest absolute Gasteiger partial charge is 0.0354 e. The minimum atomic E-state index is 0.501. The van der Waals surface area contributed by atoms with Crippen LogP contribution in [0.3, 0.4) is 0 Å². The second-order valence-corrected chi connectivity index (χ2v) is 5.94. The zero-order valence-electron chi connectivity index (χ0n) is 11.2. The van der Waals surface area contributed by atoms with Gasteiger partial charge >= 0.3 is 0 Å². The van der Waals surface area contributed by atoms with E-state index in [9.17, 15) is 0 Å². The van der Waals surface area contributed by atoms with E-state index in [0.29, 0.717) is 5.41 Å². The molecule has 0 aliphatic carbocycles.